The molecule has 0 saturated carbocycles. The summed E-state index contributed by atoms with van der Waals surface area (Å²) in [5.41, 5.74) is 0.857. The Balaban J connectivity index is 1.56. The number of benzene rings is 1. The van der Waals surface area contributed by atoms with Crippen LogP contribution in [0.2, 0.25) is 0 Å². The molecule has 1 aromatic heterocycles. The zero-order valence-electron chi connectivity index (χ0n) is 11.9. The molecule has 1 amide bonds. The number of ether oxygens (including phenoxy) is 1. The van der Waals surface area contributed by atoms with Gasteiger partial charge in [-0.15, -0.1) is 0 Å². The van der Waals surface area contributed by atoms with Crippen molar-refractivity contribution >= 4 is 26.6 Å². The first kappa shape index (κ1) is 14.8. The molecule has 22 heavy (non-hydrogen) atoms. The van der Waals surface area contributed by atoms with Crippen molar-refractivity contribution in [3.63, 3.8) is 0 Å². The van der Waals surface area contributed by atoms with Gasteiger partial charge in [0.25, 0.3) is 5.91 Å². The lowest BCUT2D eigenvalue weighted by Crippen LogP contribution is -2.38. The smallest absolute Gasteiger partial charge is 0.258 e. The highest BCUT2D eigenvalue weighted by molar-refractivity contribution is 7.91. The molecule has 116 valence electrons. The first-order chi connectivity index (χ1) is 10.5. The second-order valence-electron chi connectivity index (χ2n) is 5.31. The quantitative estimate of drug-likeness (QED) is 0.905. The van der Waals surface area contributed by atoms with Gasteiger partial charge in [0, 0.05) is 17.6 Å². The van der Waals surface area contributed by atoms with E-state index in [0.717, 1.165) is 10.9 Å². The molecule has 1 N–H and O–H groups in total. The number of carbonyl (C=O) groups excluding carboxylic acids is 1. The fraction of sp³-hybridized carbons (Fsp3) is 0.333. The van der Waals surface area contributed by atoms with Crippen molar-refractivity contribution in [1.29, 1.82) is 0 Å². The van der Waals surface area contributed by atoms with E-state index in [0.29, 0.717) is 12.2 Å². The predicted molar refractivity (Wildman–Crippen MR) is 82.4 cm³/mol. The summed E-state index contributed by atoms with van der Waals surface area (Å²) in [6, 6.07) is 8.84. The largest absolute Gasteiger partial charge is 0.484 e. The number of aromatic nitrogens is 1. The van der Waals surface area contributed by atoms with E-state index in [9.17, 15) is 13.2 Å². The maximum absolute atomic E-state index is 11.8. The molecule has 1 atom stereocenters. The third-order valence-corrected chi connectivity index (χ3v) is 5.31. The molecule has 1 fully saturated rings. The zero-order valence-corrected chi connectivity index (χ0v) is 12.7. The van der Waals surface area contributed by atoms with Crippen LogP contribution >= 0.6 is 0 Å². The van der Waals surface area contributed by atoms with Crippen LogP contribution in [0.3, 0.4) is 0 Å². The average molecular weight is 320 g/mol. The predicted octanol–water partition coefficient (Wildman–Crippen LogP) is 0.917. The van der Waals surface area contributed by atoms with Crippen LogP contribution in [0.1, 0.15) is 6.42 Å². The highest BCUT2D eigenvalue weighted by Crippen LogP contribution is 2.18. The summed E-state index contributed by atoms with van der Waals surface area (Å²) < 4.78 is 28.1. The topological polar surface area (TPSA) is 85.4 Å². The Morgan fingerprint density at radius 3 is 3.00 bits per heavy atom. The fourth-order valence-corrected chi connectivity index (χ4v) is 4.14. The number of nitrogens with one attached hydrogen (secondary N) is 1. The fourth-order valence-electron chi connectivity index (χ4n) is 2.47. The van der Waals surface area contributed by atoms with E-state index < -0.39 is 9.84 Å². The molecule has 2 heterocycles. The Morgan fingerprint density at radius 1 is 1.36 bits per heavy atom. The van der Waals surface area contributed by atoms with Crippen LogP contribution in [0.15, 0.2) is 36.5 Å². The number of hydrogen-bond acceptors (Lipinski definition) is 5. The molecule has 1 aliphatic rings. The van der Waals surface area contributed by atoms with Crippen LogP contribution in [-0.2, 0) is 14.6 Å². The van der Waals surface area contributed by atoms with Crippen LogP contribution in [-0.4, -0.2) is 43.5 Å². The van der Waals surface area contributed by atoms with Crippen molar-refractivity contribution < 1.29 is 17.9 Å². The molecular weight excluding hydrogens is 304 g/mol. The van der Waals surface area contributed by atoms with Gasteiger partial charge in [-0.05, 0) is 30.7 Å². The van der Waals surface area contributed by atoms with E-state index in [2.05, 4.69) is 10.3 Å². The standard InChI is InChI=1S/C15H16N2O4S/c18-15(17-12-5-7-22(19,20)10-12)9-21-13-3-4-14-11(8-13)2-1-6-16-14/h1-4,6,8,12H,5,7,9-10H2,(H,17,18). The summed E-state index contributed by atoms with van der Waals surface area (Å²) >= 11 is 0. The van der Waals surface area contributed by atoms with Crippen molar-refractivity contribution in [2.45, 2.75) is 12.5 Å². The number of hydrogen-bond donors (Lipinski definition) is 1. The number of pyridine rings is 1. The van der Waals surface area contributed by atoms with E-state index in [4.69, 9.17) is 4.74 Å². The molecule has 1 aliphatic heterocycles. The van der Waals surface area contributed by atoms with Crippen molar-refractivity contribution in [3.05, 3.63) is 36.5 Å². The Labute approximate surface area is 128 Å². The molecule has 0 aliphatic carbocycles. The summed E-state index contributed by atoms with van der Waals surface area (Å²) in [5.74, 6) is 0.416. The summed E-state index contributed by atoms with van der Waals surface area (Å²) in [4.78, 5) is 16.0. The van der Waals surface area contributed by atoms with E-state index in [1.165, 1.54) is 0 Å². The van der Waals surface area contributed by atoms with Crippen LogP contribution < -0.4 is 10.1 Å². The molecule has 3 rings (SSSR count). The van der Waals surface area contributed by atoms with Gasteiger partial charge in [0.15, 0.2) is 16.4 Å². The lowest BCUT2D eigenvalue weighted by Gasteiger charge is -2.11. The minimum atomic E-state index is -2.99. The number of fused-ring (bicyclic) bond motifs is 1. The summed E-state index contributed by atoms with van der Waals surface area (Å²) in [5, 5.41) is 3.62. The van der Waals surface area contributed by atoms with E-state index in [1.807, 2.05) is 24.3 Å². The van der Waals surface area contributed by atoms with Gasteiger partial charge in [-0.2, -0.15) is 0 Å². The number of nitrogens with zero attached hydrogens (tertiary/aromatic N) is 1. The molecule has 0 radical (unpaired) electrons. The third kappa shape index (κ3) is 3.54. The Bertz CT molecular complexity index is 804. The molecule has 1 unspecified atom stereocenters. The van der Waals surface area contributed by atoms with Crippen LogP contribution in [0.25, 0.3) is 10.9 Å². The van der Waals surface area contributed by atoms with Gasteiger partial charge in [0.05, 0.1) is 17.0 Å². The van der Waals surface area contributed by atoms with Crippen molar-refractivity contribution in [1.82, 2.24) is 10.3 Å². The average Bonchev–Trinajstić information content (AvgIpc) is 2.84. The van der Waals surface area contributed by atoms with Gasteiger partial charge in [0.1, 0.15) is 5.75 Å². The van der Waals surface area contributed by atoms with Crippen molar-refractivity contribution in [3.8, 4) is 5.75 Å². The number of carbonyl (C=O) groups is 1. The summed E-state index contributed by atoms with van der Waals surface area (Å²) in [6.45, 7) is -0.137. The second-order valence-corrected chi connectivity index (χ2v) is 7.54. The minimum absolute atomic E-state index is 0.0143. The number of rotatable bonds is 4. The molecule has 6 nitrogen and oxygen atoms in total. The van der Waals surface area contributed by atoms with E-state index in [1.54, 1.807) is 12.3 Å². The highest BCUT2D eigenvalue weighted by Gasteiger charge is 2.28. The lowest BCUT2D eigenvalue weighted by atomic mass is 10.2. The molecule has 2 aromatic rings. The first-order valence-electron chi connectivity index (χ1n) is 6.99. The first-order valence-corrected chi connectivity index (χ1v) is 8.81. The van der Waals surface area contributed by atoms with Gasteiger partial charge < -0.3 is 10.1 Å². The lowest BCUT2D eigenvalue weighted by molar-refractivity contribution is -0.123. The van der Waals surface area contributed by atoms with Crippen molar-refractivity contribution in [2.75, 3.05) is 18.1 Å². The number of amides is 1. The van der Waals surface area contributed by atoms with E-state index in [-0.39, 0.29) is 30.1 Å². The zero-order chi connectivity index (χ0) is 15.6. The molecule has 1 saturated heterocycles. The van der Waals surface area contributed by atoms with E-state index >= 15 is 0 Å². The molecule has 1 aromatic carbocycles. The summed E-state index contributed by atoms with van der Waals surface area (Å²) in [6.07, 6.45) is 2.18. The Kier molecular flexibility index (Phi) is 3.98. The minimum Gasteiger partial charge on any atom is -0.484 e. The van der Waals surface area contributed by atoms with Crippen LogP contribution in [0.5, 0.6) is 5.75 Å². The van der Waals surface area contributed by atoms with Gasteiger partial charge in [-0.1, -0.05) is 6.07 Å². The second kappa shape index (κ2) is 5.92. The normalized spacial score (nSPS) is 19.9. The molecule has 7 heteroatoms. The maximum Gasteiger partial charge on any atom is 0.258 e. The molecular formula is C15H16N2O4S. The van der Waals surface area contributed by atoms with Gasteiger partial charge in [-0.25, -0.2) is 8.42 Å². The van der Waals surface area contributed by atoms with Gasteiger partial charge >= 0.3 is 0 Å². The Morgan fingerprint density at radius 2 is 2.23 bits per heavy atom. The van der Waals surface area contributed by atoms with Gasteiger partial charge in [0.2, 0.25) is 0 Å². The van der Waals surface area contributed by atoms with Crippen LogP contribution in [0, 0.1) is 0 Å². The summed E-state index contributed by atoms with van der Waals surface area (Å²) in [7, 11) is -2.99. The Hall–Kier alpha value is -2.15. The molecule has 0 spiro atoms. The third-order valence-electron chi connectivity index (χ3n) is 3.54. The monoisotopic (exact) mass is 320 g/mol. The maximum atomic E-state index is 11.8. The molecule has 0 bridgehead atoms. The van der Waals surface area contributed by atoms with Gasteiger partial charge in [-0.3, -0.25) is 9.78 Å². The SMILES string of the molecule is O=C(COc1ccc2ncccc2c1)NC1CCS(=O)(=O)C1. The van der Waals surface area contributed by atoms with Crippen molar-refractivity contribution in [2.24, 2.45) is 0 Å². The highest BCUT2D eigenvalue weighted by atomic mass is 32.2. The number of sulfone groups is 1. The van der Waals surface area contributed by atoms with Crippen LogP contribution in [0.4, 0.5) is 0 Å².